The Bertz CT molecular complexity index is 4450. The van der Waals surface area contributed by atoms with Crippen LogP contribution in [0.4, 0.5) is 17.1 Å². The second-order valence-electron chi connectivity index (χ2n) is 27.3. The Hall–Kier alpha value is -11.5. The fraction of sp³-hybridized carbons (Fsp3) is 0.259. The highest BCUT2D eigenvalue weighted by molar-refractivity contribution is 5.98. The van der Waals surface area contributed by atoms with Crippen molar-refractivity contribution in [2.24, 2.45) is 0 Å². The van der Waals surface area contributed by atoms with Crippen molar-refractivity contribution in [3.8, 4) is 0 Å². The maximum absolute atomic E-state index is 13.0. The van der Waals surface area contributed by atoms with E-state index in [2.05, 4.69) is 62.5 Å². The largest absolute Gasteiger partial charge is 0.399 e. The number of aldehydes is 1. The molecule has 0 spiro atoms. The van der Waals surface area contributed by atoms with E-state index in [1.165, 1.54) is 21.7 Å². The number of amides is 6. The Morgan fingerprint density at radius 1 is 0.308 bits per heavy atom. The molecular formula is C85H88N12O7. The van der Waals surface area contributed by atoms with E-state index in [1.807, 2.05) is 187 Å². The average Bonchev–Trinajstić information content (AvgIpc) is 0.802. The van der Waals surface area contributed by atoms with Crippen molar-refractivity contribution < 1.29 is 33.6 Å². The zero-order valence-electron chi connectivity index (χ0n) is 58.5. The van der Waals surface area contributed by atoms with E-state index in [0.29, 0.717) is 40.6 Å². The fourth-order valence-electron chi connectivity index (χ4n) is 14.1. The number of nitrogens with one attached hydrogen (secondary N) is 1. The lowest BCUT2D eigenvalue weighted by molar-refractivity contribution is 0.00807. The summed E-state index contributed by atoms with van der Waals surface area (Å²) in [5.74, 6) is 0.507. The molecule has 0 aliphatic carbocycles. The van der Waals surface area contributed by atoms with Gasteiger partial charge in [0.2, 0.25) is 0 Å². The molecule has 0 unspecified atom stereocenters. The molecule has 5 N–H and O–H groups in total. The van der Waals surface area contributed by atoms with Gasteiger partial charge in [0.05, 0.1) is 0 Å². The van der Waals surface area contributed by atoms with Gasteiger partial charge in [-0.05, 0) is 148 Å². The van der Waals surface area contributed by atoms with Crippen molar-refractivity contribution in [2.75, 3.05) is 135 Å². The van der Waals surface area contributed by atoms with Gasteiger partial charge in [-0.2, -0.15) is 0 Å². The molecule has 10 aromatic carbocycles. The molecule has 104 heavy (non-hydrogen) atoms. The first-order valence-corrected chi connectivity index (χ1v) is 35.9. The molecule has 530 valence electrons. The Kier molecular flexibility index (Phi) is 22.9. The predicted octanol–water partition coefficient (Wildman–Crippen LogP) is 10.5. The third kappa shape index (κ3) is 17.5. The van der Waals surface area contributed by atoms with Crippen LogP contribution in [0.25, 0.3) is 21.5 Å². The summed E-state index contributed by atoms with van der Waals surface area (Å²) in [4.78, 5) is 105. The maximum atomic E-state index is 13.0. The van der Waals surface area contributed by atoms with Crippen molar-refractivity contribution in [1.82, 2.24) is 44.1 Å². The first kappa shape index (κ1) is 70.9. The summed E-state index contributed by atoms with van der Waals surface area (Å²) in [7, 11) is 0. The first-order chi connectivity index (χ1) is 50.8. The van der Waals surface area contributed by atoms with E-state index >= 15 is 0 Å². The van der Waals surface area contributed by atoms with Gasteiger partial charge in [0, 0.05) is 198 Å². The van der Waals surface area contributed by atoms with Gasteiger partial charge in [0.15, 0.2) is 0 Å². The highest BCUT2D eigenvalue weighted by Gasteiger charge is 2.40. The van der Waals surface area contributed by atoms with E-state index in [-0.39, 0.29) is 35.4 Å². The van der Waals surface area contributed by atoms with Gasteiger partial charge < -0.3 is 46.2 Å². The number of carbonyl (C=O) groups is 7. The number of fused-ring (bicyclic) bond motifs is 2. The summed E-state index contributed by atoms with van der Waals surface area (Å²) in [5.41, 5.74) is 20.0. The minimum absolute atomic E-state index is 0.0594. The van der Waals surface area contributed by atoms with E-state index in [9.17, 15) is 33.6 Å². The Labute approximate surface area is 607 Å². The van der Waals surface area contributed by atoms with E-state index in [4.69, 9.17) is 11.5 Å². The number of carbonyl (C=O) groups excluding carboxylic acids is 7. The van der Waals surface area contributed by atoms with Crippen LogP contribution in [0.3, 0.4) is 0 Å². The van der Waals surface area contributed by atoms with Crippen LogP contribution in [0, 0.1) is 0 Å². The monoisotopic (exact) mass is 1390 g/mol. The number of benzene rings is 10. The maximum Gasteiger partial charge on any atom is 0.253 e. The summed E-state index contributed by atoms with van der Waals surface area (Å²) in [6.45, 7) is 14.7. The smallest absolute Gasteiger partial charge is 0.253 e. The molecule has 6 saturated heterocycles. The molecule has 0 radical (unpaired) electrons. The topological polar surface area (TPSA) is 213 Å². The number of nitrogens with zero attached hydrogens (tertiary/aromatic N) is 9. The lowest BCUT2D eigenvalue weighted by atomic mass is 10.0. The summed E-state index contributed by atoms with van der Waals surface area (Å²) in [5, 5.41) is 8.23. The molecule has 16 rings (SSSR count). The predicted molar refractivity (Wildman–Crippen MR) is 410 cm³/mol. The molecule has 0 saturated carbocycles. The highest BCUT2D eigenvalue weighted by Crippen LogP contribution is 2.26. The number of rotatable bonds is 13. The van der Waals surface area contributed by atoms with Gasteiger partial charge in [0.1, 0.15) is 6.29 Å². The quantitative estimate of drug-likeness (QED) is 0.0725. The number of anilines is 3. The zero-order chi connectivity index (χ0) is 71.9. The second-order valence-corrected chi connectivity index (χ2v) is 27.3. The molecule has 19 heteroatoms. The van der Waals surface area contributed by atoms with Crippen molar-refractivity contribution in [3.05, 3.63) is 293 Å². The minimum Gasteiger partial charge on any atom is -0.399 e. The standard InChI is InChI=1S/C32H32N4O2.2C21H24N4O2.C11H8O/c37-31(26-7-2-1-3-8-26)35-18-16-34(17-19-35)30-22-36(23-30)32(38)27-12-14-29(15-13-27)33-21-24-10-11-25-6-4-5-9-28(25)20-24;2*22-18-8-6-17(7-9-18)21(27)25-14-19(15-25)23-10-12-24(13-11-23)20(26)16-4-2-1-3-5-16;12-8-9-5-6-10-3-1-2-4-11(10)7-9/h1-15,20,30,33H,16-19,21-23H2;2*1-9,19H,10-15,22H2;1-8H. The summed E-state index contributed by atoms with van der Waals surface area (Å²) in [6, 6.07) is 79.9. The van der Waals surface area contributed by atoms with Gasteiger partial charge in [-0.15, -0.1) is 0 Å². The van der Waals surface area contributed by atoms with Crippen LogP contribution in [0.5, 0.6) is 0 Å². The SMILES string of the molecule is Nc1ccc(C(=O)N2CC(N3CCN(C(=O)c4ccccc4)CC3)C2)cc1.Nc1ccc(C(=O)N2CC(N3CCN(C(=O)c4ccccc4)CC3)C2)cc1.O=C(c1ccccc1)N1CCN(C2CN(C(=O)c3ccc(NCc4ccc5ccccc5c4)cc3)C2)CC1.O=Cc1ccc2ccccc2c1. The average molecular weight is 1390 g/mol. The molecule has 6 amide bonds. The number of piperazine rings is 3. The van der Waals surface area contributed by atoms with Crippen LogP contribution in [0.15, 0.2) is 249 Å². The molecule has 19 nitrogen and oxygen atoms in total. The van der Waals surface area contributed by atoms with Crippen molar-refractivity contribution in [3.63, 3.8) is 0 Å². The molecule has 0 aromatic heterocycles. The van der Waals surface area contributed by atoms with Crippen LogP contribution in [-0.4, -0.2) is 222 Å². The Morgan fingerprint density at radius 3 is 0.942 bits per heavy atom. The van der Waals surface area contributed by atoms with Gasteiger partial charge in [-0.1, -0.05) is 127 Å². The molecule has 0 bridgehead atoms. The van der Waals surface area contributed by atoms with Crippen LogP contribution in [0.2, 0.25) is 0 Å². The lowest BCUT2D eigenvalue weighted by Gasteiger charge is -2.48. The number of nitrogens with two attached hydrogens (primary N) is 2. The lowest BCUT2D eigenvalue weighted by Crippen LogP contribution is -2.64. The van der Waals surface area contributed by atoms with Crippen molar-refractivity contribution in [2.45, 2.75) is 24.7 Å². The van der Waals surface area contributed by atoms with E-state index < -0.39 is 0 Å². The molecule has 10 aromatic rings. The third-order valence-electron chi connectivity index (χ3n) is 20.5. The van der Waals surface area contributed by atoms with Crippen LogP contribution in [-0.2, 0) is 6.54 Å². The van der Waals surface area contributed by atoms with Crippen molar-refractivity contribution in [1.29, 1.82) is 0 Å². The van der Waals surface area contributed by atoms with Gasteiger partial charge in [-0.25, -0.2) is 0 Å². The minimum atomic E-state index is 0.0594. The van der Waals surface area contributed by atoms with E-state index in [0.717, 1.165) is 170 Å². The molecule has 6 aliphatic heterocycles. The summed E-state index contributed by atoms with van der Waals surface area (Å²) >= 11 is 0. The summed E-state index contributed by atoms with van der Waals surface area (Å²) in [6.07, 6.45) is 0.867. The highest BCUT2D eigenvalue weighted by atomic mass is 16.2. The van der Waals surface area contributed by atoms with Gasteiger partial charge >= 0.3 is 0 Å². The molecule has 6 heterocycles. The Morgan fingerprint density at radius 2 is 0.596 bits per heavy atom. The molecular weight excluding hydrogens is 1300 g/mol. The molecule has 0 atom stereocenters. The third-order valence-corrected chi connectivity index (χ3v) is 20.5. The summed E-state index contributed by atoms with van der Waals surface area (Å²) < 4.78 is 0. The van der Waals surface area contributed by atoms with Gasteiger partial charge in [0.25, 0.3) is 35.4 Å². The molecule has 6 aliphatic rings. The Balaban J connectivity index is 0.000000130. The van der Waals surface area contributed by atoms with Crippen molar-refractivity contribution >= 4 is 80.3 Å². The number of nitrogen functional groups attached to an aromatic ring is 2. The number of likely N-dealkylation sites (tertiary alicyclic amines) is 3. The normalized spacial score (nSPS) is 16.6. The second kappa shape index (κ2) is 33.5. The zero-order valence-corrected chi connectivity index (χ0v) is 58.5. The number of hydrogen-bond donors (Lipinski definition) is 3. The van der Waals surface area contributed by atoms with Crippen LogP contribution < -0.4 is 16.8 Å². The van der Waals surface area contributed by atoms with Gasteiger partial charge in [-0.3, -0.25) is 48.3 Å². The fourth-order valence-corrected chi connectivity index (χ4v) is 14.1. The van der Waals surface area contributed by atoms with Crippen LogP contribution in [0.1, 0.15) is 78.1 Å². The molecule has 6 fully saturated rings. The van der Waals surface area contributed by atoms with Crippen LogP contribution >= 0.6 is 0 Å². The van der Waals surface area contributed by atoms with E-state index in [1.54, 1.807) is 48.5 Å². The first-order valence-electron chi connectivity index (χ1n) is 35.9. The number of hydrogen-bond acceptors (Lipinski definition) is 13.